The van der Waals surface area contributed by atoms with Crippen LogP contribution in [0.3, 0.4) is 0 Å². The van der Waals surface area contributed by atoms with Gasteiger partial charge < -0.3 is 10.1 Å². The Kier molecular flexibility index (Phi) is 5.97. The van der Waals surface area contributed by atoms with Gasteiger partial charge in [0.15, 0.2) is 0 Å². The van der Waals surface area contributed by atoms with Crippen LogP contribution in [0.5, 0.6) is 0 Å². The molecule has 0 fully saturated rings. The first-order valence-electron chi connectivity index (χ1n) is 8.77. The Morgan fingerprint density at radius 1 is 1.07 bits per heavy atom. The van der Waals surface area contributed by atoms with E-state index >= 15 is 0 Å². The van der Waals surface area contributed by atoms with E-state index in [9.17, 15) is 9.59 Å². The van der Waals surface area contributed by atoms with E-state index in [-0.39, 0.29) is 5.91 Å². The fraction of sp³-hybridized carbons (Fsp3) is 0.200. The van der Waals surface area contributed by atoms with Crippen molar-refractivity contribution in [1.29, 1.82) is 0 Å². The van der Waals surface area contributed by atoms with Crippen LogP contribution >= 0.6 is 15.9 Å². The van der Waals surface area contributed by atoms with Gasteiger partial charge in [0.1, 0.15) is 18.3 Å². The zero-order valence-corrected chi connectivity index (χ0v) is 17.7. The summed E-state index contributed by atoms with van der Waals surface area (Å²) in [6.45, 7) is 5.36. The number of carbonyl (C=O) groups is 2. The molecule has 8 nitrogen and oxygen atoms in total. The second kappa shape index (κ2) is 8.44. The fourth-order valence-corrected chi connectivity index (χ4v) is 2.82. The molecule has 2 amide bonds. The number of hydrogen-bond acceptors (Lipinski definition) is 5. The molecule has 0 saturated heterocycles. The average Bonchev–Trinajstić information content (AvgIpc) is 3.15. The average molecular weight is 458 g/mol. The van der Waals surface area contributed by atoms with Crippen LogP contribution in [-0.2, 0) is 4.74 Å². The predicted octanol–water partition coefficient (Wildman–Crippen LogP) is 4.63. The lowest BCUT2D eigenvalue weighted by Gasteiger charge is -2.19. The minimum Gasteiger partial charge on any atom is -0.444 e. The molecule has 150 valence electrons. The maximum atomic E-state index is 12.7. The van der Waals surface area contributed by atoms with Crippen molar-refractivity contribution in [1.82, 2.24) is 14.8 Å². The van der Waals surface area contributed by atoms with E-state index in [1.807, 2.05) is 12.1 Å². The third-order valence-electron chi connectivity index (χ3n) is 3.66. The van der Waals surface area contributed by atoms with E-state index in [0.29, 0.717) is 22.6 Å². The maximum absolute atomic E-state index is 12.7. The zero-order valence-electron chi connectivity index (χ0n) is 16.1. The molecule has 0 unspecified atom stereocenters. The number of benzene rings is 2. The van der Waals surface area contributed by atoms with Crippen molar-refractivity contribution in [2.24, 2.45) is 0 Å². The van der Waals surface area contributed by atoms with Gasteiger partial charge in [-0.05, 0) is 63.2 Å². The molecule has 2 aromatic carbocycles. The Hall–Kier alpha value is -3.20. The van der Waals surface area contributed by atoms with Crippen LogP contribution in [0.4, 0.5) is 16.2 Å². The summed E-state index contributed by atoms with van der Waals surface area (Å²) in [6.07, 6.45) is 2.42. The molecule has 0 saturated carbocycles. The zero-order chi connectivity index (χ0) is 21.0. The smallest absolute Gasteiger partial charge is 0.412 e. The topological polar surface area (TPSA) is 98.1 Å². The van der Waals surface area contributed by atoms with Crippen molar-refractivity contribution < 1.29 is 14.3 Å². The number of nitrogens with zero attached hydrogens (tertiary/aromatic N) is 3. The van der Waals surface area contributed by atoms with Gasteiger partial charge in [-0.1, -0.05) is 15.9 Å². The van der Waals surface area contributed by atoms with Crippen molar-refractivity contribution >= 4 is 39.3 Å². The number of amides is 2. The van der Waals surface area contributed by atoms with Gasteiger partial charge in [0.25, 0.3) is 5.91 Å². The van der Waals surface area contributed by atoms with E-state index in [0.717, 1.165) is 4.47 Å². The standard InChI is InChI=1S/C20H20BrN5O3/c1-20(2,3)29-19(28)24-15-7-4-13(5-8-15)18(27)25-16-10-14(21)6-9-17(16)26-12-22-11-23-26/h4-12H,1-3H3,(H,24,28)(H,25,27). The highest BCUT2D eigenvalue weighted by atomic mass is 79.9. The second-order valence-electron chi connectivity index (χ2n) is 7.16. The first kappa shape index (κ1) is 20.5. The van der Waals surface area contributed by atoms with Gasteiger partial charge in [-0.2, -0.15) is 5.10 Å². The van der Waals surface area contributed by atoms with Crippen LogP contribution in [0.1, 0.15) is 31.1 Å². The molecule has 0 aliphatic heterocycles. The molecule has 1 heterocycles. The van der Waals surface area contributed by atoms with Crippen molar-refractivity contribution in [2.75, 3.05) is 10.6 Å². The molecule has 0 aliphatic carbocycles. The molecule has 0 aliphatic rings. The van der Waals surface area contributed by atoms with E-state index in [2.05, 4.69) is 36.6 Å². The number of halogens is 1. The van der Waals surface area contributed by atoms with Crippen LogP contribution in [-0.4, -0.2) is 32.4 Å². The van der Waals surface area contributed by atoms with Crippen molar-refractivity contribution in [3.05, 3.63) is 65.2 Å². The summed E-state index contributed by atoms with van der Waals surface area (Å²) in [7, 11) is 0. The van der Waals surface area contributed by atoms with Crippen LogP contribution in [0.15, 0.2) is 59.6 Å². The van der Waals surface area contributed by atoms with Crippen molar-refractivity contribution in [2.45, 2.75) is 26.4 Å². The van der Waals surface area contributed by atoms with Crippen LogP contribution in [0.2, 0.25) is 0 Å². The van der Waals surface area contributed by atoms with E-state index < -0.39 is 11.7 Å². The highest BCUT2D eigenvalue weighted by Gasteiger charge is 2.16. The summed E-state index contributed by atoms with van der Waals surface area (Å²) in [5.74, 6) is -0.298. The Labute approximate surface area is 176 Å². The Balaban J connectivity index is 1.72. The minimum atomic E-state index is -0.588. The third-order valence-corrected chi connectivity index (χ3v) is 4.16. The molecular weight excluding hydrogens is 438 g/mol. The molecule has 3 rings (SSSR count). The lowest BCUT2D eigenvalue weighted by molar-refractivity contribution is 0.0636. The molecule has 9 heteroatoms. The third kappa shape index (κ3) is 5.64. The number of hydrogen-bond donors (Lipinski definition) is 2. The van der Waals surface area contributed by atoms with Crippen LogP contribution in [0.25, 0.3) is 5.69 Å². The predicted molar refractivity (Wildman–Crippen MR) is 113 cm³/mol. The Bertz CT molecular complexity index is 1010. The van der Waals surface area contributed by atoms with Gasteiger partial charge >= 0.3 is 6.09 Å². The molecule has 29 heavy (non-hydrogen) atoms. The van der Waals surface area contributed by atoms with Crippen molar-refractivity contribution in [3.63, 3.8) is 0 Å². The van der Waals surface area contributed by atoms with Gasteiger partial charge in [0.2, 0.25) is 0 Å². The van der Waals surface area contributed by atoms with Gasteiger partial charge in [-0.25, -0.2) is 14.5 Å². The van der Waals surface area contributed by atoms with Gasteiger partial charge in [-0.15, -0.1) is 0 Å². The lowest BCUT2D eigenvalue weighted by Crippen LogP contribution is -2.27. The lowest BCUT2D eigenvalue weighted by atomic mass is 10.2. The summed E-state index contributed by atoms with van der Waals surface area (Å²) in [4.78, 5) is 28.5. The van der Waals surface area contributed by atoms with E-state index in [1.165, 1.54) is 6.33 Å². The minimum absolute atomic E-state index is 0.298. The van der Waals surface area contributed by atoms with Gasteiger partial charge in [-0.3, -0.25) is 10.1 Å². The highest BCUT2D eigenvalue weighted by Crippen LogP contribution is 2.25. The van der Waals surface area contributed by atoms with Crippen LogP contribution < -0.4 is 10.6 Å². The van der Waals surface area contributed by atoms with Gasteiger partial charge in [0, 0.05) is 15.7 Å². The van der Waals surface area contributed by atoms with E-state index in [1.54, 1.807) is 62.1 Å². The first-order chi connectivity index (χ1) is 13.7. The summed E-state index contributed by atoms with van der Waals surface area (Å²) >= 11 is 3.41. The summed E-state index contributed by atoms with van der Waals surface area (Å²) in [6, 6.07) is 12.0. The van der Waals surface area contributed by atoms with Gasteiger partial charge in [0.05, 0.1) is 11.4 Å². The normalized spacial score (nSPS) is 11.0. The number of aromatic nitrogens is 3. The molecule has 0 bridgehead atoms. The van der Waals surface area contributed by atoms with Crippen LogP contribution in [0, 0.1) is 0 Å². The molecule has 0 spiro atoms. The molecule has 0 radical (unpaired) electrons. The monoisotopic (exact) mass is 457 g/mol. The summed E-state index contributed by atoms with van der Waals surface area (Å²) < 4.78 is 7.59. The largest absolute Gasteiger partial charge is 0.444 e. The molecule has 2 N–H and O–H groups in total. The number of rotatable bonds is 4. The molecule has 1 aromatic heterocycles. The summed E-state index contributed by atoms with van der Waals surface area (Å²) in [5, 5.41) is 9.62. The Morgan fingerprint density at radius 2 is 1.79 bits per heavy atom. The van der Waals surface area contributed by atoms with E-state index in [4.69, 9.17) is 4.74 Å². The second-order valence-corrected chi connectivity index (χ2v) is 8.08. The maximum Gasteiger partial charge on any atom is 0.412 e. The molecular formula is C20H20BrN5O3. The highest BCUT2D eigenvalue weighted by molar-refractivity contribution is 9.10. The Morgan fingerprint density at radius 3 is 2.41 bits per heavy atom. The number of carbonyl (C=O) groups excluding carboxylic acids is 2. The molecule has 0 atom stereocenters. The molecule has 3 aromatic rings. The first-order valence-corrected chi connectivity index (χ1v) is 9.56. The SMILES string of the molecule is CC(C)(C)OC(=O)Nc1ccc(C(=O)Nc2cc(Br)ccc2-n2cncn2)cc1. The fourth-order valence-electron chi connectivity index (χ4n) is 2.46. The number of nitrogens with one attached hydrogen (secondary N) is 2. The number of ether oxygens (including phenoxy) is 1. The van der Waals surface area contributed by atoms with Crippen molar-refractivity contribution in [3.8, 4) is 5.69 Å². The number of anilines is 2. The summed E-state index contributed by atoms with van der Waals surface area (Å²) in [5.41, 5.74) is 1.63. The quantitative estimate of drug-likeness (QED) is 0.594.